The van der Waals surface area contributed by atoms with Crippen LogP contribution >= 0.6 is 0 Å². The van der Waals surface area contributed by atoms with Crippen molar-refractivity contribution in [3.8, 4) is 0 Å². The number of hydrogen-bond donors (Lipinski definition) is 0. The Morgan fingerprint density at radius 2 is 1.84 bits per heavy atom. The first kappa shape index (κ1) is 14.3. The molecule has 0 fully saturated rings. The zero-order chi connectivity index (χ0) is 13.5. The third kappa shape index (κ3) is 5.17. The number of aryl methyl sites for hydroxylation is 2. The Labute approximate surface area is 122 Å². The molecule has 0 N–H and O–H groups in total. The van der Waals surface area contributed by atoms with Gasteiger partial charge in [0.05, 0.1) is 9.52 Å². The van der Waals surface area contributed by atoms with E-state index >= 15 is 0 Å². The summed E-state index contributed by atoms with van der Waals surface area (Å²) < 4.78 is 0. The van der Waals surface area contributed by atoms with Crippen molar-refractivity contribution in [3.63, 3.8) is 0 Å². The number of benzene rings is 2. The van der Waals surface area contributed by atoms with Gasteiger partial charge in [-0.15, -0.1) is 0 Å². The second-order valence-corrected chi connectivity index (χ2v) is 7.78. The van der Waals surface area contributed by atoms with Crippen LogP contribution in [0.25, 0.3) is 0 Å². The summed E-state index contributed by atoms with van der Waals surface area (Å²) in [6.45, 7) is 2.16. The fraction of sp³-hybridized carbons (Fsp3) is 0.294. The van der Waals surface area contributed by atoms with Crippen molar-refractivity contribution in [2.24, 2.45) is 0 Å². The lowest BCUT2D eigenvalue weighted by molar-refractivity contribution is 0.770. The zero-order valence-corrected chi connectivity index (χ0v) is 13.4. The highest BCUT2D eigenvalue weighted by molar-refractivity contribution is 6.62. The molecule has 0 bridgehead atoms. The summed E-state index contributed by atoms with van der Waals surface area (Å²) in [7, 11) is 4.73. The Morgan fingerprint density at radius 1 is 1.05 bits per heavy atom. The monoisotopic (exact) mass is 279 g/mol. The van der Waals surface area contributed by atoms with E-state index in [1.165, 1.54) is 35.6 Å². The highest BCUT2D eigenvalue weighted by Crippen LogP contribution is 2.12. The maximum absolute atomic E-state index is 3.87. The van der Waals surface area contributed by atoms with Gasteiger partial charge in [0.1, 0.15) is 0 Å². The Hall–Kier alpha value is -1.13. The van der Waals surface area contributed by atoms with Gasteiger partial charge >= 0.3 is 0 Å². The summed E-state index contributed by atoms with van der Waals surface area (Å²) in [5.41, 5.74) is 2.82. The third-order valence-corrected chi connectivity index (χ3v) is 5.18. The van der Waals surface area contributed by atoms with Crippen molar-refractivity contribution in [2.75, 3.05) is 0 Å². The quantitative estimate of drug-likeness (QED) is 0.712. The molecule has 0 nitrogen and oxygen atoms in total. The van der Waals surface area contributed by atoms with Gasteiger partial charge in [-0.3, -0.25) is 0 Å². The van der Waals surface area contributed by atoms with Crippen LogP contribution in [0.1, 0.15) is 24.0 Å². The SMILES string of the molecule is Cc1cccc(CCCC([Si])[Si]c2ccccc2)c1. The summed E-state index contributed by atoms with van der Waals surface area (Å²) in [6.07, 6.45) is 3.66. The predicted molar refractivity (Wildman–Crippen MR) is 85.5 cm³/mol. The molecule has 2 rings (SSSR count). The van der Waals surface area contributed by atoms with E-state index in [-0.39, 0.29) is 0 Å². The molecule has 0 heterocycles. The van der Waals surface area contributed by atoms with Gasteiger partial charge in [-0.1, -0.05) is 76.9 Å². The van der Waals surface area contributed by atoms with Crippen molar-refractivity contribution in [1.29, 1.82) is 0 Å². The predicted octanol–water partition coefficient (Wildman–Crippen LogP) is 3.26. The molecule has 0 aliphatic carbocycles. The molecule has 0 spiro atoms. The first-order valence-corrected chi connectivity index (χ1v) is 8.48. The van der Waals surface area contributed by atoms with E-state index in [0.29, 0.717) is 5.16 Å². The summed E-state index contributed by atoms with van der Waals surface area (Å²) in [5.74, 6) is 0. The van der Waals surface area contributed by atoms with Crippen LogP contribution in [0.4, 0.5) is 0 Å². The first-order chi connectivity index (χ1) is 9.24. The average Bonchev–Trinajstić information content (AvgIpc) is 2.40. The van der Waals surface area contributed by atoms with Crippen molar-refractivity contribution in [3.05, 3.63) is 65.7 Å². The molecule has 0 amide bonds. The maximum Gasteiger partial charge on any atom is 0.0805 e. The Bertz CT molecular complexity index is 494. The van der Waals surface area contributed by atoms with Crippen LogP contribution in [-0.2, 0) is 6.42 Å². The number of rotatable bonds is 6. The zero-order valence-electron chi connectivity index (χ0n) is 11.4. The highest BCUT2D eigenvalue weighted by atomic mass is 28.2. The smallest absolute Gasteiger partial charge is 0.0643 e. The molecule has 0 saturated heterocycles. The van der Waals surface area contributed by atoms with Gasteiger partial charge in [0.25, 0.3) is 0 Å². The van der Waals surface area contributed by atoms with E-state index in [0.717, 1.165) is 9.52 Å². The third-order valence-electron chi connectivity index (χ3n) is 3.16. The minimum Gasteiger partial charge on any atom is -0.0643 e. The van der Waals surface area contributed by atoms with Crippen molar-refractivity contribution in [1.82, 2.24) is 0 Å². The largest absolute Gasteiger partial charge is 0.0805 e. The molecule has 5 radical (unpaired) electrons. The van der Waals surface area contributed by atoms with Crippen LogP contribution in [-0.4, -0.2) is 19.8 Å². The molecular formula is C17H19Si2. The van der Waals surface area contributed by atoms with Crippen molar-refractivity contribution in [2.45, 2.75) is 31.4 Å². The van der Waals surface area contributed by atoms with Crippen molar-refractivity contribution < 1.29 is 0 Å². The topological polar surface area (TPSA) is 0 Å². The lowest BCUT2D eigenvalue weighted by atomic mass is 10.1. The fourth-order valence-corrected chi connectivity index (χ4v) is 4.03. The van der Waals surface area contributed by atoms with Gasteiger partial charge in [0, 0.05) is 10.2 Å². The number of hydrogen-bond acceptors (Lipinski definition) is 0. The standard InChI is InChI=1S/C17H19Si2/c1-14-7-5-8-15(13-14)9-6-12-17(18)19-16-10-3-2-4-11-16/h2-5,7-8,10-11,13,17H,6,9,12H2,1H3. The highest BCUT2D eigenvalue weighted by Gasteiger charge is 2.05. The van der Waals surface area contributed by atoms with Gasteiger partial charge in [0.15, 0.2) is 0 Å². The molecule has 0 aliphatic rings. The second kappa shape index (κ2) is 7.46. The molecule has 19 heavy (non-hydrogen) atoms. The van der Waals surface area contributed by atoms with Gasteiger partial charge in [0.2, 0.25) is 0 Å². The molecule has 2 aromatic rings. The summed E-state index contributed by atoms with van der Waals surface area (Å²) >= 11 is 0. The normalized spacial score (nSPS) is 12.3. The van der Waals surface area contributed by atoms with E-state index in [9.17, 15) is 0 Å². The minimum absolute atomic E-state index is 0.604. The van der Waals surface area contributed by atoms with Crippen LogP contribution in [0.5, 0.6) is 0 Å². The molecule has 2 heteroatoms. The molecule has 1 atom stereocenters. The van der Waals surface area contributed by atoms with Gasteiger partial charge in [-0.05, 0) is 25.3 Å². The van der Waals surface area contributed by atoms with Crippen LogP contribution in [0.15, 0.2) is 54.6 Å². The van der Waals surface area contributed by atoms with E-state index in [1.807, 2.05) is 0 Å². The van der Waals surface area contributed by atoms with Crippen molar-refractivity contribution >= 4 is 24.9 Å². The average molecular weight is 280 g/mol. The van der Waals surface area contributed by atoms with Crippen LogP contribution in [0, 0.1) is 6.92 Å². The lowest BCUT2D eigenvalue weighted by Gasteiger charge is -2.10. The molecule has 95 valence electrons. The Morgan fingerprint density at radius 3 is 2.58 bits per heavy atom. The molecular weight excluding hydrogens is 260 g/mol. The molecule has 0 aromatic heterocycles. The molecule has 0 saturated carbocycles. The summed E-state index contributed by atoms with van der Waals surface area (Å²) in [5, 5.41) is 2.05. The molecule has 0 aliphatic heterocycles. The molecule has 1 unspecified atom stereocenters. The van der Waals surface area contributed by atoms with E-state index in [4.69, 9.17) is 0 Å². The van der Waals surface area contributed by atoms with E-state index in [1.54, 1.807) is 0 Å². The minimum atomic E-state index is 0.604. The van der Waals surface area contributed by atoms with Gasteiger partial charge in [-0.2, -0.15) is 0 Å². The van der Waals surface area contributed by atoms with Crippen LogP contribution < -0.4 is 5.19 Å². The summed E-state index contributed by atoms with van der Waals surface area (Å²) in [4.78, 5) is 0. The second-order valence-electron chi connectivity index (χ2n) is 4.94. The van der Waals surface area contributed by atoms with Gasteiger partial charge < -0.3 is 0 Å². The first-order valence-electron chi connectivity index (χ1n) is 6.82. The Balaban J connectivity index is 1.73. The van der Waals surface area contributed by atoms with Crippen LogP contribution in [0.3, 0.4) is 0 Å². The maximum atomic E-state index is 3.87. The van der Waals surface area contributed by atoms with E-state index < -0.39 is 0 Å². The summed E-state index contributed by atoms with van der Waals surface area (Å²) in [6, 6.07) is 19.6. The molecule has 2 aromatic carbocycles. The van der Waals surface area contributed by atoms with Crippen LogP contribution in [0.2, 0.25) is 5.16 Å². The van der Waals surface area contributed by atoms with E-state index in [2.05, 4.69) is 71.8 Å². The van der Waals surface area contributed by atoms with Gasteiger partial charge in [-0.25, -0.2) is 0 Å². The fourth-order valence-electron chi connectivity index (χ4n) is 2.19. The lowest BCUT2D eigenvalue weighted by Crippen LogP contribution is -2.19. The Kier molecular flexibility index (Phi) is 5.61.